The maximum absolute atomic E-state index is 9.28. The average molecular weight is 239 g/mol. The van der Waals surface area contributed by atoms with Crippen molar-refractivity contribution in [3.63, 3.8) is 0 Å². The zero-order valence-electron chi connectivity index (χ0n) is 5.87. The van der Waals surface area contributed by atoms with E-state index in [0.29, 0.717) is 0 Å². The molecule has 0 rings (SSSR count). The van der Waals surface area contributed by atoms with Crippen LogP contribution in [0.25, 0.3) is 0 Å². The molecule has 0 aromatic rings. The normalized spacial score (nSPS) is 8.46. The van der Waals surface area contributed by atoms with Gasteiger partial charge in [0.25, 0.3) is 0 Å². The molecule has 0 heterocycles. The molecule has 6 N–H and O–H groups in total. The van der Waals surface area contributed by atoms with Crippen LogP contribution in [0.2, 0.25) is 0 Å². The minimum atomic E-state index is -4.67. The van der Waals surface area contributed by atoms with Gasteiger partial charge in [0.1, 0.15) is 0 Å². The summed E-state index contributed by atoms with van der Waals surface area (Å²) in [7, 11) is -4.67. The second kappa shape index (κ2) is 7.48. The Kier molecular flexibility index (Phi) is 10.2. The minimum Gasteiger partial charge on any atom is -0.366 e. The van der Waals surface area contributed by atoms with Crippen LogP contribution >= 0.6 is 12.4 Å². The number of hydrogen-bond acceptors (Lipinski definition) is 5. The van der Waals surface area contributed by atoms with E-state index < -0.39 is 21.4 Å². The number of nitrogens with one attached hydrogen (secondary N) is 2. The second-order valence-corrected chi connectivity index (χ2v) is 2.13. The van der Waals surface area contributed by atoms with Gasteiger partial charge in [-0.25, -0.2) is 10.1 Å². The maximum atomic E-state index is 9.28. The van der Waals surface area contributed by atoms with Crippen LogP contribution in [0, 0.1) is 15.5 Å². The Morgan fingerprint density at radius 3 is 1.77 bits per heavy atom. The summed E-state index contributed by atoms with van der Waals surface area (Å²) >= 11 is 0. The van der Waals surface area contributed by atoms with E-state index in [1.165, 1.54) is 5.43 Å². The molecule has 0 spiro atoms. The van der Waals surface area contributed by atoms with Crippen molar-refractivity contribution < 1.29 is 22.6 Å². The zero-order chi connectivity index (χ0) is 10.4. The van der Waals surface area contributed by atoms with E-state index in [-0.39, 0.29) is 12.4 Å². The Labute approximate surface area is 78.7 Å². The van der Waals surface area contributed by atoms with Crippen molar-refractivity contribution in [2.24, 2.45) is 5.73 Å². The topological polar surface area (TPSA) is 180 Å². The van der Waals surface area contributed by atoms with Gasteiger partial charge >= 0.3 is 10.4 Å². The molecule has 0 saturated heterocycles. The van der Waals surface area contributed by atoms with Crippen LogP contribution in [0.15, 0.2) is 0 Å². The van der Waals surface area contributed by atoms with Gasteiger partial charge in [0.2, 0.25) is 5.96 Å². The molecule has 12 heteroatoms. The number of nitrogens with zero attached hydrogens (tertiary/aromatic N) is 1. The largest absolute Gasteiger partial charge is 0.394 e. The van der Waals surface area contributed by atoms with Gasteiger partial charge in [-0.15, -0.1) is 12.4 Å². The number of guanidine groups is 1. The fraction of sp³-hybridized carbons (Fsp3) is 0. The average Bonchev–Trinajstić information content (AvgIpc) is 1.52. The summed E-state index contributed by atoms with van der Waals surface area (Å²) in [6, 6.07) is 0. The quantitative estimate of drug-likeness (QED) is 0.119. The summed E-state index contributed by atoms with van der Waals surface area (Å²) in [5.41, 5.74) is 5.91. The first-order valence-electron chi connectivity index (χ1n) is 2.08. The van der Waals surface area contributed by atoms with E-state index >= 15 is 0 Å². The standard InChI is InChI=1S/CH4N4O2.ClH.H2O4S/c2-1(3)4-5(6)7;;1-5(2,3)4/h(H4,2,3,4);1H;(H2,1,2,3,4). The molecule has 80 valence electrons. The molecule has 0 aliphatic carbocycles. The monoisotopic (exact) mass is 238 g/mol. The first kappa shape index (κ1) is 17.8. The lowest BCUT2D eigenvalue weighted by Gasteiger charge is -1.86. The number of halogens is 1. The molecular weight excluding hydrogens is 232 g/mol. The minimum absolute atomic E-state index is 0. The lowest BCUT2D eigenvalue weighted by Crippen LogP contribution is -2.34. The van der Waals surface area contributed by atoms with E-state index in [1.807, 2.05) is 0 Å². The van der Waals surface area contributed by atoms with Crippen molar-refractivity contribution in [3.8, 4) is 0 Å². The molecule has 0 bridgehead atoms. The van der Waals surface area contributed by atoms with Crippen LogP contribution in [-0.4, -0.2) is 28.5 Å². The molecule has 0 aromatic carbocycles. The van der Waals surface area contributed by atoms with E-state index in [0.717, 1.165) is 0 Å². The van der Waals surface area contributed by atoms with Crippen molar-refractivity contribution in [2.75, 3.05) is 0 Å². The van der Waals surface area contributed by atoms with E-state index in [2.05, 4.69) is 5.73 Å². The summed E-state index contributed by atoms with van der Waals surface area (Å²) in [6.07, 6.45) is 0. The lowest BCUT2D eigenvalue weighted by molar-refractivity contribution is -0.525. The molecule has 0 atom stereocenters. The van der Waals surface area contributed by atoms with Gasteiger partial charge < -0.3 is 5.73 Å². The van der Waals surface area contributed by atoms with Crippen LogP contribution in [0.3, 0.4) is 0 Å². The summed E-state index contributed by atoms with van der Waals surface area (Å²) in [5, 5.41) is 14.6. The van der Waals surface area contributed by atoms with Gasteiger partial charge in [-0.1, -0.05) is 5.43 Å². The van der Waals surface area contributed by atoms with Crippen LogP contribution < -0.4 is 11.2 Å². The number of hydrogen-bond donors (Lipinski definition) is 5. The summed E-state index contributed by atoms with van der Waals surface area (Å²) in [6.45, 7) is 0. The van der Waals surface area contributed by atoms with Gasteiger partial charge in [-0.3, -0.25) is 14.5 Å². The maximum Gasteiger partial charge on any atom is 0.394 e. The number of nitro groups is 1. The number of nitrogens with two attached hydrogens (primary N) is 1. The molecular formula is CH7ClN4O6S. The van der Waals surface area contributed by atoms with Crippen LogP contribution in [0.5, 0.6) is 0 Å². The predicted octanol–water partition coefficient (Wildman–Crippen LogP) is -1.57. The Morgan fingerprint density at radius 1 is 1.54 bits per heavy atom. The molecule has 13 heavy (non-hydrogen) atoms. The zero-order valence-corrected chi connectivity index (χ0v) is 7.50. The van der Waals surface area contributed by atoms with Gasteiger partial charge in [0, 0.05) is 0 Å². The van der Waals surface area contributed by atoms with Crippen LogP contribution in [0.1, 0.15) is 0 Å². The molecule has 10 nitrogen and oxygen atoms in total. The molecule has 0 aliphatic rings. The van der Waals surface area contributed by atoms with Crippen molar-refractivity contribution in [1.29, 1.82) is 5.41 Å². The third-order valence-corrected chi connectivity index (χ3v) is 0.212. The van der Waals surface area contributed by atoms with Crippen molar-refractivity contribution >= 4 is 28.8 Å². The Bertz CT molecular complexity index is 240. The lowest BCUT2D eigenvalue weighted by atomic mass is 11.1. The number of hydrazine groups is 1. The molecule has 0 amide bonds. The molecule has 0 aliphatic heterocycles. The molecule has 0 aromatic heterocycles. The third kappa shape index (κ3) is 105. The highest BCUT2D eigenvalue weighted by molar-refractivity contribution is 7.79. The fourth-order valence-electron chi connectivity index (χ4n) is 0.0983. The third-order valence-electron chi connectivity index (χ3n) is 0.212. The second-order valence-electron chi connectivity index (χ2n) is 1.23. The highest BCUT2D eigenvalue weighted by Gasteiger charge is 1.91. The first-order valence-corrected chi connectivity index (χ1v) is 3.47. The van der Waals surface area contributed by atoms with E-state index in [9.17, 15) is 10.1 Å². The smallest absolute Gasteiger partial charge is 0.366 e. The molecule has 0 radical (unpaired) electrons. The van der Waals surface area contributed by atoms with Crippen LogP contribution in [-0.2, 0) is 10.4 Å². The highest BCUT2D eigenvalue weighted by atomic mass is 35.5. The van der Waals surface area contributed by atoms with Crippen molar-refractivity contribution in [3.05, 3.63) is 10.1 Å². The van der Waals surface area contributed by atoms with Crippen LogP contribution in [0.4, 0.5) is 0 Å². The molecule has 0 fully saturated rings. The fourth-order valence-corrected chi connectivity index (χ4v) is 0.0983. The first-order chi connectivity index (χ1) is 5.13. The van der Waals surface area contributed by atoms with Crippen molar-refractivity contribution in [1.82, 2.24) is 5.43 Å². The summed E-state index contributed by atoms with van der Waals surface area (Å²) < 4.78 is 31.6. The molecule has 0 unspecified atom stereocenters. The molecule has 0 saturated carbocycles. The van der Waals surface area contributed by atoms with Gasteiger partial charge in [0.05, 0.1) is 0 Å². The Balaban J connectivity index is -0.000000150. The van der Waals surface area contributed by atoms with Gasteiger partial charge in [0.15, 0.2) is 5.03 Å². The SMILES string of the molecule is Cl.N=C(N)N[N+](=O)[O-].O=S(=O)(O)O. The van der Waals surface area contributed by atoms with E-state index in [4.69, 9.17) is 22.9 Å². The Morgan fingerprint density at radius 2 is 1.77 bits per heavy atom. The summed E-state index contributed by atoms with van der Waals surface area (Å²) in [5.74, 6) is -0.662. The van der Waals surface area contributed by atoms with Gasteiger partial charge in [-0.05, 0) is 0 Å². The van der Waals surface area contributed by atoms with E-state index in [1.54, 1.807) is 0 Å². The predicted molar refractivity (Wildman–Crippen MR) is 43.5 cm³/mol. The van der Waals surface area contributed by atoms with Crippen molar-refractivity contribution in [2.45, 2.75) is 0 Å². The Hall–Kier alpha value is -1.17. The summed E-state index contributed by atoms with van der Waals surface area (Å²) in [4.78, 5) is 9.28. The van der Waals surface area contributed by atoms with Gasteiger partial charge in [-0.2, -0.15) is 8.42 Å². The number of rotatable bonds is 1. The highest BCUT2D eigenvalue weighted by Crippen LogP contribution is 1.59.